The maximum atomic E-state index is 12.6. The van der Waals surface area contributed by atoms with Crippen molar-refractivity contribution in [3.63, 3.8) is 0 Å². The van der Waals surface area contributed by atoms with Gasteiger partial charge in [0.2, 0.25) is 5.78 Å². The molecule has 0 saturated carbocycles. The van der Waals surface area contributed by atoms with Crippen molar-refractivity contribution in [2.45, 2.75) is 20.3 Å². The van der Waals surface area contributed by atoms with E-state index in [1.54, 1.807) is 7.11 Å². The smallest absolute Gasteiger partial charge is 0.238 e. The Labute approximate surface area is 127 Å². The average molecular weight is 300 g/mol. The highest BCUT2D eigenvalue weighted by molar-refractivity contribution is 7.14. The number of ketones is 1. The van der Waals surface area contributed by atoms with Gasteiger partial charge in [-0.05, 0) is 37.6 Å². The van der Waals surface area contributed by atoms with Gasteiger partial charge in [0.05, 0.1) is 12.0 Å². The molecule has 0 saturated heterocycles. The second kappa shape index (κ2) is 5.37. The van der Waals surface area contributed by atoms with E-state index in [1.165, 1.54) is 16.2 Å². The Bertz CT molecular complexity index is 811. The molecule has 3 nitrogen and oxygen atoms in total. The SMILES string of the molecule is CCc1ccc(C(=O)c2oc3cc(OC)ccc3c2C)s1. The van der Waals surface area contributed by atoms with Crippen molar-refractivity contribution >= 4 is 28.1 Å². The van der Waals surface area contributed by atoms with Gasteiger partial charge in [-0.2, -0.15) is 0 Å². The predicted molar refractivity (Wildman–Crippen MR) is 84.6 cm³/mol. The summed E-state index contributed by atoms with van der Waals surface area (Å²) in [5.74, 6) is 1.09. The zero-order valence-electron chi connectivity index (χ0n) is 12.2. The monoisotopic (exact) mass is 300 g/mol. The Morgan fingerprint density at radius 3 is 2.76 bits per heavy atom. The number of furan rings is 1. The van der Waals surface area contributed by atoms with Crippen LogP contribution in [0.15, 0.2) is 34.7 Å². The molecule has 0 aliphatic carbocycles. The fourth-order valence-corrected chi connectivity index (χ4v) is 3.24. The maximum absolute atomic E-state index is 12.6. The van der Waals surface area contributed by atoms with E-state index < -0.39 is 0 Å². The molecule has 3 rings (SSSR count). The van der Waals surface area contributed by atoms with Gasteiger partial charge >= 0.3 is 0 Å². The number of hydrogen-bond acceptors (Lipinski definition) is 4. The number of rotatable bonds is 4. The second-order valence-electron chi connectivity index (χ2n) is 4.87. The van der Waals surface area contributed by atoms with Crippen molar-refractivity contribution in [1.29, 1.82) is 0 Å². The molecule has 0 unspecified atom stereocenters. The average Bonchev–Trinajstić information content (AvgIpc) is 3.11. The van der Waals surface area contributed by atoms with Gasteiger partial charge in [0.1, 0.15) is 11.3 Å². The number of carbonyl (C=O) groups is 1. The molecule has 2 heterocycles. The number of aryl methyl sites for hydroxylation is 2. The molecule has 1 aromatic carbocycles. The Balaban J connectivity index is 2.07. The minimum absolute atomic E-state index is 0.0487. The molecule has 0 spiro atoms. The van der Waals surface area contributed by atoms with Crippen LogP contribution in [0.25, 0.3) is 11.0 Å². The molecule has 3 aromatic rings. The first-order valence-corrected chi connectivity index (χ1v) is 7.66. The van der Waals surface area contributed by atoms with E-state index in [0.717, 1.165) is 28.0 Å². The first-order chi connectivity index (χ1) is 10.1. The van der Waals surface area contributed by atoms with Crippen LogP contribution in [0.2, 0.25) is 0 Å². The molecular weight excluding hydrogens is 284 g/mol. The molecule has 0 aliphatic heterocycles. The van der Waals surface area contributed by atoms with Crippen LogP contribution in [-0.2, 0) is 6.42 Å². The third kappa shape index (κ3) is 2.36. The van der Waals surface area contributed by atoms with Crippen molar-refractivity contribution in [3.8, 4) is 5.75 Å². The summed E-state index contributed by atoms with van der Waals surface area (Å²) in [7, 11) is 1.61. The van der Waals surface area contributed by atoms with E-state index in [9.17, 15) is 4.79 Å². The van der Waals surface area contributed by atoms with Crippen molar-refractivity contribution in [2.24, 2.45) is 0 Å². The fourth-order valence-electron chi connectivity index (χ4n) is 2.35. The summed E-state index contributed by atoms with van der Waals surface area (Å²) in [4.78, 5) is 14.5. The van der Waals surface area contributed by atoms with Crippen molar-refractivity contribution in [2.75, 3.05) is 7.11 Å². The third-order valence-electron chi connectivity index (χ3n) is 3.59. The van der Waals surface area contributed by atoms with E-state index >= 15 is 0 Å². The summed E-state index contributed by atoms with van der Waals surface area (Å²) in [6, 6.07) is 9.48. The van der Waals surface area contributed by atoms with Crippen molar-refractivity contribution in [3.05, 3.63) is 51.4 Å². The van der Waals surface area contributed by atoms with Crippen LogP contribution in [0, 0.1) is 6.92 Å². The highest BCUT2D eigenvalue weighted by atomic mass is 32.1. The quantitative estimate of drug-likeness (QED) is 0.661. The molecule has 0 radical (unpaired) electrons. The third-order valence-corrected chi connectivity index (χ3v) is 4.81. The first-order valence-electron chi connectivity index (χ1n) is 6.84. The molecule has 2 aromatic heterocycles. The Morgan fingerprint density at radius 2 is 2.10 bits per heavy atom. The minimum Gasteiger partial charge on any atom is -0.497 e. The Morgan fingerprint density at radius 1 is 1.29 bits per heavy atom. The summed E-state index contributed by atoms with van der Waals surface area (Å²) in [6.07, 6.45) is 0.939. The van der Waals surface area contributed by atoms with Crippen molar-refractivity contribution < 1.29 is 13.9 Å². The van der Waals surface area contributed by atoms with Gasteiger partial charge in [-0.15, -0.1) is 11.3 Å². The summed E-state index contributed by atoms with van der Waals surface area (Å²) in [5, 5.41) is 0.950. The van der Waals surface area contributed by atoms with E-state index in [1.807, 2.05) is 37.3 Å². The van der Waals surface area contributed by atoms with Gasteiger partial charge in [0.15, 0.2) is 5.76 Å². The van der Waals surface area contributed by atoms with Gasteiger partial charge in [-0.3, -0.25) is 4.79 Å². The van der Waals surface area contributed by atoms with E-state index in [2.05, 4.69) is 6.92 Å². The lowest BCUT2D eigenvalue weighted by Crippen LogP contribution is -1.98. The molecule has 0 fully saturated rings. The summed E-state index contributed by atoms with van der Waals surface area (Å²) in [6.45, 7) is 4.00. The number of carbonyl (C=O) groups excluding carboxylic acids is 1. The summed E-state index contributed by atoms with van der Waals surface area (Å²) < 4.78 is 11.0. The van der Waals surface area contributed by atoms with Crippen LogP contribution in [0.1, 0.15) is 32.8 Å². The zero-order chi connectivity index (χ0) is 15.0. The van der Waals surface area contributed by atoms with E-state index in [-0.39, 0.29) is 5.78 Å². The number of hydrogen-bond donors (Lipinski definition) is 0. The molecule has 0 aliphatic rings. The zero-order valence-corrected chi connectivity index (χ0v) is 13.0. The van der Waals surface area contributed by atoms with Gasteiger partial charge in [0.25, 0.3) is 0 Å². The number of ether oxygens (including phenoxy) is 1. The molecule has 0 atom stereocenters. The summed E-state index contributed by atoms with van der Waals surface area (Å²) >= 11 is 1.53. The predicted octanol–water partition coefficient (Wildman–Crippen LogP) is 4.60. The number of methoxy groups -OCH3 is 1. The lowest BCUT2D eigenvalue weighted by molar-refractivity contribution is 0.101. The van der Waals surface area contributed by atoms with E-state index in [4.69, 9.17) is 9.15 Å². The lowest BCUT2D eigenvalue weighted by Gasteiger charge is -1.97. The van der Waals surface area contributed by atoms with Crippen LogP contribution in [0.5, 0.6) is 5.75 Å². The normalized spacial score (nSPS) is 11.0. The standard InChI is InChI=1S/C17H16O3S/c1-4-12-6-8-15(21-12)16(18)17-10(2)13-7-5-11(19-3)9-14(13)20-17/h5-9H,4H2,1-3H3. The largest absolute Gasteiger partial charge is 0.497 e. The van der Waals surface area contributed by atoms with Gasteiger partial charge in [0, 0.05) is 21.9 Å². The van der Waals surface area contributed by atoms with Crippen LogP contribution >= 0.6 is 11.3 Å². The molecule has 0 amide bonds. The van der Waals surface area contributed by atoms with Crippen LogP contribution in [0.4, 0.5) is 0 Å². The highest BCUT2D eigenvalue weighted by Crippen LogP contribution is 2.31. The Hall–Kier alpha value is -2.07. The van der Waals surface area contributed by atoms with Gasteiger partial charge < -0.3 is 9.15 Å². The second-order valence-corrected chi connectivity index (χ2v) is 6.04. The molecule has 108 valence electrons. The molecule has 0 bridgehead atoms. The van der Waals surface area contributed by atoms with Gasteiger partial charge in [-0.25, -0.2) is 0 Å². The molecule has 21 heavy (non-hydrogen) atoms. The number of fused-ring (bicyclic) bond motifs is 1. The fraction of sp³-hybridized carbons (Fsp3) is 0.235. The molecule has 0 N–H and O–H groups in total. The van der Waals surface area contributed by atoms with Crippen LogP contribution in [-0.4, -0.2) is 12.9 Å². The minimum atomic E-state index is -0.0487. The maximum Gasteiger partial charge on any atom is 0.238 e. The highest BCUT2D eigenvalue weighted by Gasteiger charge is 2.20. The van der Waals surface area contributed by atoms with E-state index in [0.29, 0.717) is 11.3 Å². The van der Waals surface area contributed by atoms with Gasteiger partial charge in [-0.1, -0.05) is 6.92 Å². The molecular formula is C17H16O3S. The van der Waals surface area contributed by atoms with Crippen molar-refractivity contribution in [1.82, 2.24) is 0 Å². The molecule has 4 heteroatoms. The first kappa shape index (κ1) is 13.9. The number of benzene rings is 1. The van der Waals surface area contributed by atoms with Crippen LogP contribution in [0.3, 0.4) is 0 Å². The topological polar surface area (TPSA) is 39.4 Å². The Kier molecular flexibility index (Phi) is 3.55. The van der Waals surface area contributed by atoms with Crippen LogP contribution < -0.4 is 4.74 Å². The lowest BCUT2D eigenvalue weighted by atomic mass is 10.1. The number of thiophene rings is 1. The summed E-state index contributed by atoms with van der Waals surface area (Å²) in [5.41, 5.74) is 1.56.